The zero-order valence-electron chi connectivity index (χ0n) is 10.8. The number of halogens is 1. The molecule has 2 atom stereocenters. The van der Waals surface area contributed by atoms with E-state index < -0.39 is 24.1 Å². The van der Waals surface area contributed by atoms with Gasteiger partial charge < -0.3 is 20.4 Å². The van der Waals surface area contributed by atoms with Crippen molar-refractivity contribution in [2.24, 2.45) is 0 Å². The van der Waals surface area contributed by atoms with Crippen LogP contribution in [0.3, 0.4) is 0 Å². The maximum Gasteiger partial charge on any atom is 0.326 e. The minimum absolute atomic E-state index is 0.0262. The summed E-state index contributed by atoms with van der Waals surface area (Å²) in [5.41, 5.74) is 1.48. The van der Waals surface area contributed by atoms with Crippen LogP contribution >= 0.6 is 15.9 Å². The number of aryl methyl sites for hydroxylation is 1. The van der Waals surface area contributed by atoms with Gasteiger partial charge in [-0.1, -0.05) is 15.9 Å². The number of carbonyl (C=O) groups is 2. The average Bonchev–Trinajstić information content (AvgIpc) is 2.75. The number of benzene rings is 1. The molecule has 108 valence electrons. The van der Waals surface area contributed by atoms with Crippen molar-refractivity contribution >= 4 is 33.6 Å². The number of aliphatic hydroxyl groups excluding tert-OH is 1. The minimum atomic E-state index is -1.11. The SMILES string of the molecule is Cc1cc(Br)ccc1NC(=O)N1CC(O)C[C@H]1C(=O)O. The highest BCUT2D eigenvalue weighted by Crippen LogP contribution is 2.23. The van der Waals surface area contributed by atoms with Crippen LogP contribution in [0.5, 0.6) is 0 Å². The molecule has 0 spiro atoms. The Kier molecular flexibility index (Phi) is 4.29. The maximum absolute atomic E-state index is 12.1. The number of urea groups is 1. The van der Waals surface area contributed by atoms with Gasteiger partial charge in [-0.05, 0) is 30.7 Å². The van der Waals surface area contributed by atoms with Crippen molar-refractivity contribution in [1.29, 1.82) is 0 Å². The topological polar surface area (TPSA) is 89.9 Å². The lowest BCUT2D eigenvalue weighted by Crippen LogP contribution is -2.43. The number of hydrogen-bond donors (Lipinski definition) is 3. The minimum Gasteiger partial charge on any atom is -0.480 e. The summed E-state index contributed by atoms with van der Waals surface area (Å²) in [5, 5.41) is 21.3. The highest BCUT2D eigenvalue weighted by atomic mass is 79.9. The Balaban J connectivity index is 2.13. The second-order valence-electron chi connectivity index (χ2n) is 4.79. The Morgan fingerprint density at radius 1 is 1.45 bits per heavy atom. The van der Waals surface area contributed by atoms with Gasteiger partial charge in [-0.15, -0.1) is 0 Å². The number of carboxylic acids is 1. The van der Waals surface area contributed by atoms with E-state index in [9.17, 15) is 14.7 Å². The normalized spacial score (nSPS) is 21.9. The number of likely N-dealkylation sites (tertiary alicyclic amines) is 1. The molecule has 6 nitrogen and oxygen atoms in total. The largest absolute Gasteiger partial charge is 0.480 e. The molecule has 1 fully saturated rings. The van der Waals surface area contributed by atoms with Crippen LogP contribution in [0.4, 0.5) is 10.5 Å². The van der Waals surface area contributed by atoms with Crippen molar-refractivity contribution in [2.75, 3.05) is 11.9 Å². The summed E-state index contributed by atoms with van der Waals surface area (Å²) in [4.78, 5) is 24.4. The van der Waals surface area contributed by atoms with Gasteiger partial charge in [0.15, 0.2) is 0 Å². The molecule has 3 N–H and O–H groups in total. The number of anilines is 1. The number of rotatable bonds is 2. The summed E-state index contributed by atoms with van der Waals surface area (Å²) in [5.74, 6) is -1.11. The molecule has 7 heteroatoms. The van der Waals surface area contributed by atoms with Gasteiger partial charge in [-0.2, -0.15) is 0 Å². The van der Waals surface area contributed by atoms with E-state index in [1.165, 1.54) is 0 Å². The molecule has 1 aliphatic rings. The number of aliphatic carboxylic acids is 1. The highest BCUT2D eigenvalue weighted by Gasteiger charge is 2.39. The Morgan fingerprint density at radius 3 is 2.75 bits per heavy atom. The van der Waals surface area contributed by atoms with Gasteiger partial charge in [0.05, 0.1) is 6.10 Å². The Bertz CT molecular complexity index is 549. The van der Waals surface area contributed by atoms with Gasteiger partial charge in [0.1, 0.15) is 6.04 Å². The van der Waals surface area contributed by atoms with E-state index in [-0.39, 0.29) is 13.0 Å². The lowest BCUT2D eigenvalue weighted by atomic mass is 10.2. The fourth-order valence-corrected chi connectivity index (χ4v) is 2.70. The second-order valence-corrected chi connectivity index (χ2v) is 5.70. The molecule has 0 saturated carbocycles. The van der Waals surface area contributed by atoms with Crippen LogP contribution in [-0.4, -0.2) is 45.8 Å². The summed E-state index contributed by atoms with van der Waals surface area (Å²) in [6.45, 7) is 1.87. The van der Waals surface area contributed by atoms with Crippen LogP contribution in [0.1, 0.15) is 12.0 Å². The molecule has 20 heavy (non-hydrogen) atoms. The van der Waals surface area contributed by atoms with Gasteiger partial charge in [-0.25, -0.2) is 9.59 Å². The fraction of sp³-hybridized carbons (Fsp3) is 0.385. The van der Waals surface area contributed by atoms with Gasteiger partial charge in [0.25, 0.3) is 0 Å². The Labute approximate surface area is 124 Å². The number of carbonyl (C=O) groups excluding carboxylic acids is 1. The standard InChI is InChI=1S/C13H15BrN2O4/c1-7-4-8(14)2-3-10(7)15-13(20)16-6-9(17)5-11(16)12(18)19/h2-4,9,11,17H,5-6H2,1H3,(H,15,20)(H,18,19)/t9?,11-/m0/s1. The van der Waals surface area contributed by atoms with Crippen molar-refractivity contribution in [1.82, 2.24) is 4.90 Å². The third-order valence-electron chi connectivity index (χ3n) is 3.25. The summed E-state index contributed by atoms with van der Waals surface area (Å²) in [6, 6.07) is 3.87. The number of nitrogens with zero attached hydrogens (tertiary/aromatic N) is 1. The van der Waals surface area contributed by atoms with Crippen molar-refractivity contribution in [3.8, 4) is 0 Å². The average molecular weight is 343 g/mol. The Morgan fingerprint density at radius 2 is 2.15 bits per heavy atom. The van der Waals surface area contributed by atoms with Gasteiger partial charge in [-0.3, -0.25) is 0 Å². The monoisotopic (exact) mass is 342 g/mol. The number of carboxylic acid groups (broad SMARTS) is 1. The van der Waals surface area contributed by atoms with Crippen molar-refractivity contribution in [3.05, 3.63) is 28.2 Å². The summed E-state index contributed by atoms with van der Waals surface area (Å²) >= 11 is 3.33. The van der Waals surface area contributed by atoms with Crippen molar-refractivity contribution < 1.29 is 19.8 Å². The first-order chi connectivity index (χ1) is 9.38. The predicted octanol–water partition coefficient (Wildman–Crippen LogP) is 1.81. The van der Waals surface area contributed by atoms with E-state index in [1.807, 2.05) is 13.0 Å². The molecule has 1 aromatic rings. The van der Waals surface area contributed by atoms with E-state index in [1.54, 1.807) is 12.1 Å². The second kappa shape index (κ2) is 5.80. The molecule has 0 aliphatic carbocycles. The van der Waals surface area contributed by atoms with E-state index in [2.05, 4.69) is 21.2 Å². The van der Waals surface area contributed by atoms with E-state index in [0.717, 1.165) is 14.9 Å². The molecule has 1 unspecified atom stereocenters. The summed E-state index contributed by atoms with van der Waals surface area (Å²) in [7, 11) is 0. The summed E-state index contributed by atoms with van der Waals surface area (Å²) in [6.07, 6.45) is -0.741. The number of nitrogens with one attached hydrogen (secondary N) is 1. The first kappa shape index (κ1) is 14.8. The third-order valence-corrected chi connectivity index (χ3v) is 3.75. The molecule has 0 radical (unpaired) electrons. The third kappa shape index (κ3) is 3.10. The highest BCUT2D eigenvalue weighted by molar-refractivity contribution is 9.10. The lowest BCUT2D eigenvalue weighted by Gasteiger charge is -2.22. The summed E-state index contributed by atoms with van der Waals surface area (Å²) < 4.78 is 0.896. The predicted molar refractivity (Wildman–Crippen MR) is 76.7 cm³/mol. The van der Waals surface area contributed by atoms with E-state index >= 15 is 0 Å². The van der Waals surface area contributed by atoms with Crippen LogP contribution in [0.2, 0.25) is 0 Å². The smallest absolute Gasteiger partial charge is 0.326 e. The van der Waals surface area contributed by atoms with Crippen LogP contribution in [0, 0.1) is 6.92 Å². The molecule has 2 amide bonds. The molecular weight excluding hydrogens is 328 g/mol. The van der Waals surface area contributed by atoms with Gasteiger partial charge >= 0.3 is 12.0 Å². The molecule has 0 bridgehead atoms. The molecule has 1 saturated heterocycles. The van der Waals surface area contributed by atoms with Crippen LogP contribution in [0.25, 0.3) is 0 Å². The molecule has 1 aliphatic heterocycles. The van der Waals surface area contributed by atoms with E-state index in [0.29, 0.717) is 5.69 Å². The molecule has 0 aromatic heterocycles. The number of hydrogen-bond acceptors (Lipinski definition) is 3. The molecular formula is C13H15BrN2O4. The van der Waals surface area contributed by atoms with Crippen LogP contribution in [0.15, 0.2) is 22.7 Å². The molecule has 2 rings (SSSR count). The molecule has 1 heterocycles. The van der Waals surface area contributed by atoms with Crippen LogP contribution in [-0.2, 0) is 4.79 Å². The van der Waals surface area contributed by atoms with Gasteiger partial charge in [0.2, 0.25) is 0 Å². The number of amides is 2. The van der Waals surface area contributed by atoms with Gasteiger partial charge in [0, 0.05) is 23.1 Å². The maximum atomic E-state index is 12.1. The number of β-amino-alcohol motifs (C(OH)–C–C–N with tert-alkyl or cyclic N) is 1. The lowest BCUT2D eigenvalue weighted by molar-refractivity contribution is -0.141. The first-order valence-electron chi connectivity index (χ1n) is 6.13. The van der Waals surface area contributed by atoms with E-state index in [4.69, 9.17) is 5.11 Å². The van der Waals surface area contributed by atoms with Crippen molar-refractivity contribution in [3.63, 3.8) is 0 Å². The quantitative estimate of drug-likeness (QED) is 0.764. The van der Waals surface area contributed by atoms with Crippen LogP contribution < -0.4 is 5.32 Å². The zero-order valence-corrected chi connectivity index (χ0v) is 12.4. The zero-order chi connectivity index (χ0) is 14.9. The first-order valence-corrected chi connectivity index (χ1v) is 6.92. The van der Waals surface area contributed by atoms with Crippen molar-refractivity contribution in [2.45, 2.75) is 25.5 Å². The fourth-order valence-electron chi connectivity index (χ4n) is 2.23. The molecule has 1 aromatic carbocycles. The Hall–Kier alpha value is -1.60. The number of aliphatic hydroxyl groups is 1.